The molecule has 0 aliphatic carbocycles. The fraction of sp³-hybridized carbons (Fsp3) is 0. The van der Waals surface area contributed by atoms with Crippen molar-refractivity contribution in [1.29, 1.82) is 0 Å². The van der Waals surface area contributed by atoms with Gasteiger partial charge in [-0.15, -0.1) is 0 Å². The molecule has 184 valence electrons. The minimum atomic E-state index is -3.84. The molecule has 0 aromatic heterocycles. The molecule has 0 atom stereocenters. The molecule has 7 nitrogen and oxygen atoms in total. The van der Waals surface area contributed by atoms with Crippen LogP contribution < -0.4 is 9.44 Å². The number of sulfonamides is 2. The van der Waals surface area contributed by atoms with Gasteiger partial charge in [-0.1, -0.05) is 31.9 Å². The van der Waals surface area contributed by atoms with Crippen molar-refractivity contribution in [1.82, 2.24) is 0 Å². The molecule has 0 aliphatic rings. The molecular formula is C25H18Br2N2O5S2. The summed E-state index contributed by atoms with van der Waals surface area (Å²) < 4.78 is 57.2. The number of carbonyl (C=O) groups is 1. The zero-order valence-electron chi connectivity index (χ0n) is 18.4. The van der Waals surface area contributed by atoms with Crippen LogP contribution in [0.5, 0.6) is 0 Å². The average molecular weight is 650 g/mol. The van der Waals surface area contributed by atoms with Crippen LogP contribution in [0.1, 0.15) is 15.9 Å². The van der Waals surface area contributed by atoms with Gasteiger partial charge < -0.3 is 0 Å². The first-order valence-electron chi connectivity index (χ1n) is 10.4. The van der Waals surface area contributed by atoms with Gasteiger partial charge in [-0.05, 0) is 97.1 Å². The maximum Gasteiger partial charge on any atom is 0.261 e. The van der Waals surface area contributed by atoms with E-state index in [0.717, 1.165) is 8.95 Å². The summed E-state index contributed by atoms with van der Waals surface area (Å²) in [7, 11) is -7.67. The molecule has 0 fully saturated rings. The van der Waals surface area contributed by atoms with Gasteiger partial charge in [-0.25, -0.2) is 16.8 Å². The molecule has 0 spiro atoms. The predicted octanol–water partition coefficient (Wildman–Crippen LogP) is 6.04. The van der Waals surface area contributed by atoms with Gasteiger partial charge in [0, 0.05) is 31.4 Å². The Balaban J connectivity index is 1.47. The molecule has 0 aliphatic heterocycles. The molecule has 4 aromatic rings. The van der Waals surface area contributed by atoms with Crippen molar-refractivity contribution in [3.63, 3.8) is 0 Å². The number of rotatable bonds is 8. The Hall–Kier alpha value is -2.99. The summed E-state index contributed by atoms with van der Waals surface area (Å²) in [4.78, 5) is 12.9. The fourth-order valence-electron chi connectivity index (χ4n) is 3.20. The highest BCUT2D eigenvalue weighted by Crippen LogP contribution is 2.22. The van der Waals surface area contributed by atoms with Gasteiger partial charge in [0.15, 0.2) is 5.78 Å². The number of benzene rings is 4. The first kappa shape index (κ1) is 26.1. The molecular weight excluding hydrogens is 632 g/mol. The smallest absolute Gasteiger partial charge is 0.261 e. The van der Waals surface area contributed by atoms with Gasteiger partial charge in [-0.2, -0.15) is 0 Å². The Bertz CT molecular complexity index is 1480. The van der Waals surface area contributed by atoms with Crippen LogP contribution in [0.3, 0.4) is 0 Å². The third-order valence-corrected chi connectivity index (χ3v) is 8.90. The first-order chi connectivity index (χ1) is 17.0. The standard InChI is InChI=1S/C25H18Br2N2O5S2/c26-19-5-9-21(10-6-19)28-35(31,32)23-13-1-17(2-14-23)25(30)18-3-15-24(16-4-18)36(33,34)29-22-11-7-20(27)8-12-22/h1-16,28-29H. The molecule has 2 N–H and O–H groups in total. The summed E-state index contributed by atoms with van der Waals surface area (Å²) in [5, 5.41) is 0. The molecule has 4 rings (SSSR count). The maximum atomic E-state index is 12.9. The third kappa shape index (κ3) is 6.22. The first-order valence-corrected chi connectivity index (χ1v) is 14.9. The minimum absolute atomic E-state index is 0.00225. The van der Waals surface area contributed by atoms with Crippen molar-refractivity contribution in [3.8, 4) is 0 Å². The van der Waals surface area contributed by atoms with E-state index in [4.69, 9.17) is 0 Å². The van der Waals surface area contributed by atoms with E-state index in [9.17, 15) is 21.6 Å². The van der Waals surface area contributed by atoms with Gasteiger partial charge in [0.2, 0.25) is 0 Å². The van der Waals surface area contributed by atoms with Crippen LogP contribution in [0.4, 0.5) is 11.4 Å². The Morgan fingerprint density at radius 2 is 0.806 bits per heavy atom. The predicted molar refractivity (Wildman–Crippen MR) is 146 cm³/mol. The molecule has 0 amide bonds. The van der Waals surface area contributed by atoms with E-state index >= 15 is 0 Å². The highest BCUT2D eigenvalue weighted by molar-refractivity contribution is 9.10. The molecule has 0 radical (unpaired) electrons. The summed E-state index contributed by atoms with van der Waals surface area (Å²) in [5.41, 5.74) is 1.34. The average Bonchev–Trinajstić information content (AvgIpc) is 2.86. The lowest BCUT2D eigenvalue weighted by Gasteiger charge is -2.10. The van der Waals surface area contributed by atoms with E-state index in [0.29, 0.717) is 11.4 Å². The van der Waals surface area contributed by atoms with Crippen molar-refractivity contribution in [3.05, 3.63) is 117 Å². The highest BCUT2D eigenvalue weighted by Gasteiger charge is 2.18. The van der Waals surface area contributed by atoms with Gasteiger partial charge in [-0.3, -0.25) is 14.2 Å². The zero-order valence-corrected chi connectivity index (χ0v) is 23.2. The second kappa shape index (κ2) is 10.6. The Labute approximate surface area is 225 Å². The zero-order chi connectivity index (χ0) is 25.9. The van der Waals surface area contributed by atoms with Gasteiger partial charge in [0.1, 0.15) is 0 Å². The molecule has 0 saturated carbocycles. The molecule has 0 bridgehead atoms. The van der Waals surface area contributed by atoms with E-state index in [-0.39, 0.29) is 26.7 Å². The van der Waals surface area contributed by atoms with E-state index in [1.807, 2.05) is 0 Å². The number of hydrogen-bond acceptors (Lipinski definition) is 5. The molecule has 11 heteroatoms. The summed E-state index contributed by atoms with van der Waals surface area (Å²) in [6.45, 7) is 0. The number of ketones is 1. The van der Waals surface area contributed by atoms with E-state index < -0.39 is 20.0 Å². The van der Waals surface area contributed by atoms with Crippen LogP contribution in [0, 0.1) is 0 Å². The molecule has 0 heterocycles. The number of carbonyl (C=O) groups excluding carboxylic acids is 1. The van der Waals surface area contributed by atoms with Crippen LogP contribution >= 0.6 is 31.9 Å². The number of anilines is 2. The fourth-order valence-corrected chi connectivity index (χ4v) is 5.85. The summed E-state index contributed by atoms with van der Waals surface area (Å²) in [6, 6.07) is 24.4. The molecule has 0 saturated heterocycles. The van der Waals surface area contributed by atoms with Gasteiger partial charge >= 0.3 is 0 Å². The molecule has 0 unspecified atom stereocenters. The van der Waals surface area contributed by atoms with Crippen LogP contribution in [0.15, 0.2) is 116 Å². The number of halogens is 2. The van der Waals surface area contributed by atoms with Crippen molar-refractivity contribution in [2.45, 2.75) is 9.79 Å². The topological polar surface area (TPSA) is 109 Å². The number of nitrogens with one attached hydrogen (secondary N) is 2. The normalized spacial score (nSPS) is 11.6. The van der Waals surface area contributed by atoms with E-state index in [1.165, 1.54) is 48.5 Å². The monoisotopic (exact) mass is 648 g/mol. The SMILES string of the molecule is O=C(c1ccc(S(=O)(=O)Nc2ccc(Br)cc2)cc1)c1ccc(S(=O)(=O)Nc2ccc(Br)cc2)cc1. The van der Waals surface area contributed by atoms with Crippen LogP contribution in [0.25, 0.3) is 0 Å². The quantitative estimate of drug-likeness (QED) is 0.226. The highest BCUT2D eigenvalue weighted by atomic mass is 79.9. The minimum Gasteiger partial charge on any atom is -0.289 e. The van der Waals surface area contributed by atoms with Crippen molar-refractivity contribution in [2.75, 3.05) is 9.44 Å². The number of hydrogen-bond donors (Lipinski definition) is 2. The van der Waals surface area contributed by atoms with Crippen LogP contribution in [-0.2, 0) is 20.0 Å². The second-order valence-corrected chi connectivity index (χ2v) is 12.8. The van der Waals surface area contributed by atoms with Crippen LogP contribution in [-0.4, -0.2) is 22.6 Å². The summed E-state index contributed by atoms with van der Waals surface area (Å²) >= 11 is 6.59. The largest absolute Gasteiger partial charge is 0.289 e. The van der Waals surface area contributed by atoms with Crippen LogP contribution in [0.2, 0.25) is 0 Å². The third-order valence-electron chi connectivity index (χ3n) is 5.05. The lowest BCUT2D eigenvalue weighted by molar-refractivity contribution is 0.103. The van der Waals surface area contributed by atoms with Crippen molar-refractivity contribution in [2.24, 2.45) is 0 Å². The summed E-state index contributed by atoms with van der Waals surface area (Å²) in [5.74, 6) is -0.371. The Kier molecular flexibility index (Phi) is 7.65. The molecule has 36 heavy (non-hydrogen) atoms. The Morgan fingerprint density at radius 3 is 1.11 bits per heavy atom. The molecule has 4 aromatic carbocycles. The summed E-state index contributed by atoms with van der Waals surface area (Å²) in [6.07, 6.45) is 0. The lowest BCUT2D eigenvalue weighted by Crippen LogP contribution is -2.13. The van der Waals surface area contributed by atoms with E-state index in [2.05, 4.69) is 41.3 Å². The van der Waals surface area contributed by atoms with Gasteiger partial charge in [0.25, 0.3) is 20.0 Å². The van der Waals surface area contributed by atoms with Crippen molar-refractivity contribution >= 4 is 69.1 Å². The second-order valence-electron chi connectivity index (χ2n) is 7.60. The van der Waals surface area contributed by atoms with Gasteiger partial charge in [0.05, 0.1) is 9.79 Å². The maximum absolute atomic E-state index is 12.9. The lowest BCUT2D eigenvalue weighted by atomic mass is 10.0. The van der Waals surface area contributed by atoms with E-state index in [1.54, 1.807) is 48.5 Å². The Morgan fingerprint density at radius 1 is 0.500 bits per heavy atom. The van der Waals surface area contributed by atoms with Crippen molar-refractivity contribution < 1.29 is 21.6 Å².